The van der Waals surface area contributed by atoms with Gasteiger partial charge in [0.15, 0.2) is 0 Å². The number of nitrogens with one attached hydrogen (secondary N) is 1. The molecule has 2 N–H and O–H groups in total. The van der Waals surface area contributed by atoms with Crippen molar-refractivity contribution in [2.24, 2.45) is 0 Å². The monoisotopic (exact) mass is 365 g/mol. The molecule has 2 aromatic carbocycles. The van der Waals surface area contributed by atoms with Gasteiger partial charge in [-0.05, 0) is 5.56 Å². The van der Waals surface area contributed by atoms with Gasteiger partial charge in [0.05, 0.1) is 0 Å². The lowest BCUT2D eigenvalue weighted by Gasteiger charge is -2.09. The summed E-state index contributed by atoms with van der Waals surface area (Å²) < 4.78 is 37.6. The lowest BCUT2D eigenvalue weighted by molar-refractivity contribution is -0.192. The van der Waals surface area contributed by atoms with Gasteiger partial charge in [-0.3, -0.25) is 0 Å². The number of carboxylic acid groups (broad SMARTS) is 1. The first kappa shape index (κ1) is 19.5. The highest BCUT2D eigenvalue weighted by molar-refractivity contribution is 5.73. The van der Waals surface area contributed by atoms with Gasteiger partial charge in [-0.2, -0.15) is 13.2 Å². The van der Waals surface area contributed by atoms with Crippen LogP contribution in [-0.4, -0.2) is 30.4 Å². The smallest absolute Gasteiger partial charge is 0.490 e. The van der Waals surface area contributed by atoms with Crippen molar-refractivity contribution in [2.45, 2.75) is 12.7 Å². The zero-order valence-corrected chi connectivity index (χ0v) is 13.8. The molecule has 1 aliphatic heterocycles. The Balaban J connectivity index is 0.000000298. The van der Waals surface area contributed by atoms with Crippen molar-refractivity contribution >= 4 is 18.1 Å². The summed E-state index contributed by atoms with van der Waals surface area (Å²) in [4.78, 5) is 8.90. The van der Waals surface area contributed by atoms with E-state index in [9.17, 15) is 13.2 Å². The third kappa shape index (κ3) is 5.93. The number of benzene rings is 2. The Labute approximate surface area is 148 Å². The minimum atomic E-state index is -5.08. The lowest BCUT2D eigenvalue weighted by Crippen LogP contribution is -2.21. The minimum Gasteiger partial charge on any atom is -0.491 e. The normalized spacial score (nSPS) is 13.8. The number of alkyl halides is 3. The Hall–Kier alpha value is -2.80. The summed E-state index contributed by atoms with van der Waals surface area (Å²) in [6, 6.07) is 16.6. The predicted molar refractivity (Wildman–Crippen MR) is 92.7 cm³/mol. The van der Waals surface area contributed by atoms with Crippen molar-refractivity contribution < 1.29 is 27.8 Å². The van der Waals surface area contributed by atoms with Crippen LogP contribution in [0.3, 0.4) is 0 Å². The van der Waals surface area contributed by atoms with Gasteiger partial charge < -0.3 is 15.2 Å². The summed E-state index contributed by atoms with van der Waals surface area (Å²) in [5, 5.41) is 10.5. The molecule has 3 rings (SSSR count). The highest BCUT2D eigenvalue weighted by Gasteiger charge is 2.38. The Bertz CT molecular complexity index is 758. The molecule has 1 aliphatic rings. The van der Waals surface area contributed by atoms with Crippen LogP contribution in [0.25, 0.3) is 12.2 Å². The van der Waals surface area contributed by atoms with Crippen molar-refractivity contribution in [2.75, 3.05) is 13.2 Å². The first-order chi connectivity index (χ1) is 12.4. The van der Waals surface area contributed by atoms with Crippen molar-refractivity contribution in [3.05, 3.63) is 65.2 Å². The lowest BCUT2D eigenvalue weighted by atomic mass is 10.1. The molecule has 0 amide bonds. The largest absolute Gasteiger partial charge is 0.491 e. The van der Waals surface area contributed by atoms with Gasteiger partial charge in [0.2, 0.25) is 0 Å². The van der Waals surface area contributed by atoms with Crippen LogP contribution in [0, 0.1) is 0 Å². The third-order valence-corrected chi connectivity index (χ3v) is 3.47. The summed E-state index contributed by atoms with van der Waals surface area (Å²) in [6.07, 6.45) is -0.837. The van der Waals surface area contributed by atoms with Crippen molar-refractivity contribution in [1.82, 2.24) is 5.32 Å². The molecular weight excluding hydrogens is 347 g/mol. The molecule has 0 aliphatic carbocycles. The molecule has 2 aromatic rings. The summed E-state index contributed by atoms with van der Waals surface area (Å²) in [5.41, 5.74) is 3.57. The van der Waals surface area contributed by atoms with Crippen LogP contribution in [-0.2, 0) is 11.3 Å². The molecule has 0 saturated heterocycles. The maximum absolute atomic E-state index is 10.6. The van der Waals surface area contributed by atoms with Crippen LogP contribution in [0.2, 0.25) is 0 Å². The summed E-state index contributed by atoms with van der Waals surface area (Å²) in [5.74, 6) is -1.74. The number of para-hydroxylation sites is 1. The SMILES string of the molecule is C(=Cc1cccc2c1OCCNC2)c1ccccc1.O=C(O)C(F)(F)F. The number of halogens is 3. The molecule has 1 heterocycles. The molecule has 0 unspecified atom stereocenters. The van der Waals surface area contributed by atoms with Crippen LogP contribution in [0.4, 0.5) is 13.2 Å². The number of hydrogen-bond acceptors (Lipinski definition) is 3. The fourth-order valence-electron chi connectivity index (χ4n) is 2.25. The van der Waals surface area contributed by atoms with Crippen LogP contribution < -0.4 is 10.1 Å². The average Bonchev–Trinajstić information content (AvgIpc) is 2.86. The quantitative estimate of drug-likeness (QED) is 0.791. The number of fused-ring (bicyclic) bond motifs is 1. The molecule has 0 radical (unpaired) electrons. The molecule has 0 fully saturated rings. The van der Waals surface area contributed by atoms with Gasteiger partial charge in [0.25, 0.3) is 0 Å². The predicted octanol–water partition coefficient (Wildman–Crippen LogP) is 3.97. The van der Waals surface area contributed by atoms with Gasteiger partial charge in [-0.1, -0.05) is 60.7 Å². The summed E-state index contributed by atoms with van der Waals surface area (Å²) in [6.45, 7) is 2.50. The molecule has 0 aromatic heterocycles. The Kier molecular flexibility index (Phi) is 6.80. The summed E-state index contributed by atoms with van der Waals surface area (Å²) >= 11 is 0. The van der Waals surface area contributed by atoms with Gasteiger partial charge >= 0.3 is 12.1 Å². The zero-order chi connectivity index (χ0) is 19.0. The second-order valence-corrected chi connectivity index (χ2v) is 5.41. The summed E-state index contributed by atoms with van der Waals surface area (Å²) in [7, 11) is 0. The van der Waals surface area contributed by atoms with E-state index in [-0.39, 0.29) is 0 Å². The van der Waals surface area contributed by atoms with Gasteiger partial charge in [0.1, 0.15) is 12.4 Å². The van der Waals surface area contributed by atoms with E-state index in [4.69, 9.17) is 14.6 Å². The van der Waals surface area contributed by atoms with E-state index in [0.717, 1.165) is 31.0 Å². The van der Waals surface area contributed by atoms with Crippen LogP contribution in [0.5, 0.6) is 5.75 Å². The van der Waals surface area contributed by atoms with E-state index in [1.165, 1.54) is 11.1 Å². The van der Waals surface area contributed by atoms with Gasteiger partial charge in [-0.15, -0.1) is 0 Å². The number of ether oxygens (including phenoxy) is 1. The maximum Gasteiger partial charge on any atom is 0.490 e. The first-order valence-corrected chi connectivity index (χ1v) is 7.86. The molecule has 0 bridgehead atoms. The van der Waals surface area contributed by atoms with E-state index in [1.807, 2.05) is 18.2 Å². The molecule has 0 saturated carbocycles. The molecule has 26 heavy (non-hydrogen) atoms. The van der Waals surface area contributed by atoms with Crippen molar-refractivity contribution in [3.8, 4) is 5.75 Å². The second kappa shape index (κ2) is 9.05. The second-order valence-electron chi connectivity index (χ2n) is 5.41. The Morgan fingerprint density at radius 3 is 2.42 bits per heavy atom. The highest BCUT2D eigenvalue weighted by atomic mass is 19.4. The average molecular weight is 365 g/mol. The number of carboxylic acids is 1. The van der Waals surface area contributed by atoms with E-state index in [2.05, 4.69) is 47.8 Å². The van der Waals surface area contributed by atoms with Gasteiger partial charge in [0, 0.05) is 24.2 Å². The standard InChI is InChI=1S/C17H17NO.C2HF3O2/c1-2-5-14(6-3-1)9-10-15-7-4-8-16-13-18-11-12-19-17(15)16;3-2(4,5)1(6)7/h1-10,18H,11-13H2;(H,6,7). The maximum atomic E-state index is 10.6. The van der Waals surface area contributed by atoms with E-state index < -0.39 is 12.1 Å². The van der Waals surface area contributed by atoms with Crippen molar-refractivity contribution in [1.29, 1.82) is 0 Å². The topological polar surface area (TPSA) is 58.6 Å². The Morgan fingerprint density at radius 1 is 1.08 bits per heavy atom. The minimum absolute atomic E-state index is 0.725. The van der Waals surface area contributed by atoms with E-state index in [1.54, 1.807) is 0 Å². The van der Waals surface area contributed by atoms with Crippen LogP contribution in [0.1, 0.15) is 16.7 Å². The number of aliphatic carboxylic acids is 1. The molecule has 0 atom stereocenters. The van der Waals surface area contributed by atoms with Crippen LogP contribution in [0.15, 0.2) is 48.5 Å². The number of rotatable bonds is 2. The molecule has 4 nitrogen and oxygen atoms in total. The first-order valence-electron chi connectivity index (χ1n) is 7.86. The molecule has 0 spiro atoms. The third-order valence-electron chi connectivity index (χ3n) is 3.47. The van der Waals surface area contributed by atoms with Crippen LogP contribution >= 0.6 is 0 Å². The molecule has 7 heteroatoms. The molecule has 138 valence electrons. The van der Waals surface area contributed by atoms with E-state index >= 15 is 0 Å². The number of hydrogen-bond donors (Lipinski definition) is 2. The fraction of sp³-hybridized carbons (Fsp3) is 0.211. The Morgan fingerprint density at radius 2 is 1.77 bits per heavy atom. The van der Waals surface area contributed by atoms with Crippen molar-refractivity contribution in [3.63, 3.8) is 0 Å². The zero-order valence-electron chi connectivity index (χ0n) is 13.8. The number of carbonyl (C=O) groups is 1. The van der Waals surface area contributed by atoms with Gasteiger partial charge in [-0.25, -0.2) is 4.79 Å². The molecular formula is C19H18F3NO3. The highest BCUT2D eigenvalue weighted by Crippen LogP contribution is 2.27. The van der Waals surface area contributed by atoms with E-state index in [0.29, 0.717) is 0 Å². The fourth-order valence-corrected chi connectivity index (χ4v) is 2.25.